The van der Waals surface area contributed by atoms with E-state index in [9.17, 15) is 14.4 Å². The van der Waals surface area contributed by atoms with E-state index in [-0.39, 0.29) is 12.5 Å². The SMILES string of the molecule is CC(=O)OC1CC(C)OC(OCCCCCCCCCC(=O)O)C1OC(C)=O. The minimum atomic E-state index is -0.771. The molecule has 1 rings (SSSR count). The van der Waals surface area contributed by atoms with Gasteiger partial charge in [0.05, 0.1) is 6.10 Å². The van der Waals surface area contributed by atoms with Gasteiger partial charge in [-0.25, -0.2) is 0 Å². The monoisotopic (exact) mass is 402 g/mol. The number of carbonyl (C=O) groups excluding carboxylic acids is 2. The van der Waals surface area contributed by atoms with E-state index in [2.05, 4.69) is 0 Å². The average Bonchev–Trinajstić information content (AvgIpc) is 2.58. The lowest BCUT2D eigenvalue weighted by atomic mass is 10.0. The van der Waals surface area contributed by atoms with Crippen LogP contribution in [0.1, 0.15) is 78.6 Å². The molecule has 0 aromatic rings. The number of hydrogen-bond acceptors (Lipinski definition) is 7. The minimum Gasteiger partial charge on any atom is -0.481 e. The van der Waals surface area contributed by atoms with Gasteiger partial charge in [-0.2, -0.15) is 0 Å². The third kappa shape index (κ3) is 10.6. The van der Waals surface area contributed by atoms with Crippen molar-refractivity contribution >= 4 is 17.9 Å². The Balaban J connectivity index is 2.30. The van der Waals surface area contributed by atoms with Crippen LogP contribution in [0.3, 0.4) is 0 Å². The molecule has 1 aliphatic heterocycles. The van der Waals surface area contributed by atoms with Crippen LogP contribution < -0.4 is 0 Å². The van der Waals surface area contributed by atoms with E-state index >= 15 is 0 Å². The molecule has 0 radical (unpaired) electrons. The van der Waals surface area contributed by atoms with Crippen molar-refractivity contribution in [1.82, 2.24) is 0 Å². The lowest BCUT2D eigenvalue weighted by Crippen LogP contribution is -2.52. The molecule has 28 heavy (non-hydrogen) atoms. The Labute approximate surface area is 166 Å². The van der Waals surface area contributed by atoms with Crippen LogP contribution in [0.15, 0.2) is 0 Å². The number of carboxylic acid groups (broad SMARTS) is 1. The zero-order valence-electron chi connectivity index (χ0n) is 17.2. The van der Waals surface area contributed by atoms with Gasteiger partial charge in [-0.05, 0) is 19.8 Å². The molecule has 0 aromatic carbocycles. The molecular weight excluding hydrogens is 368 g/mol. The van der Waals surface area contributed by atoms with Gasteiger partial charge in [0.2, 0.25) is 0 Å². The molecule has 0 bridgehead atoms. The van der Waals surface area contributed by atoms with Crippen LogP contribution in [-0.4, -0.2) is 54.2 Å². The number of carbonyl (C=O) groups is 3. The summed E-state index contributed by atoms with van der Waals surface area (Å²) in [6.45, 7) is 4.95. The minimum absolute atomic E-state index is 0.174. The van der Waals surface area contributed by atoms with E-state index in [1.807, 2.05) is 6.92 Å². The van der Waals surface area contributed by atoms with Crippen molar-refractivity contribution in [2.75, 3.05) is 6.61 Å². The summed E-state index contributed by atoms with van der Waals surface area (Å²) < 4.78 is 22.2. The summed E-state index contributed by atoms with van der Waals surface area (Å²) >= 11 is 0. The molecule has 4 atom stereocenters. The van der Waals surface area contributed by atoms with Gasteiger partial charge in [0.15, 0.2) is 12.4 Å². The van der Waals surface area contributed by atoms with Crippen molar-refractivity contribution in [1.29, 1.82) is 0 Å². The second kappa shape index (κ2) is 13.5. The van der Waals surface area contributed by atoms with Gasteiger partial charge in [0, 0.05) is 33.3 Å². The van der Waals surface area contributed by atoms with Crippen LogP contribution in [0.5, 0.6) is 0 Å². The van der Waals surface area contributed by atoms with Crippen molar-refractivity contribution < 1.29 is 38.4 Å². The van der Waals surface area contributed by atoms with Gasteiger partial charge in [-0.1, -0.05) is 32.1 Å². The van der Waals surface area contributed by atoms with Crippen molar-refractivity contribution in [2.24, 2.45) is 0 Å². The Hall–Kier alpha value is -1.67. The number of carboxylic acids is 1. The average molecular weight is 402 g/mol. The molecular formula is C20H34O8. The fraction of sp³-hybridized carbons (Fsp3) is 0.850. The first kappa shape index (κ1) is 24.4. The Bertz CT molecular complexity index is 493. The van der Waals surface area contributed by atoms with Crippen LogP contribution >= 0.6 is 0 Å². The Morgan fingerprint density at radius 2 is 1.50 bits per heavy atom. The van der Waals surface area contributed by atoms with Gasteiger partial charge < -0.3 is 24.1 Å². The van der Waals surface area contributed by atoms with Crippen molar-refractivity contribution in [3.05, 3.63) is 0 Å². The topological polar surface area (TPSA) is 108 Å². The standard InChI is InChI=1S/C20H34O8/c1-14-13-17(27-15(2)21)19(28-16(3)22)20(26-14)25-12-10-8-6-4-5-7-9-11-18(23)24/h14,17,19-20H,4-13H2,1-3H3,(H,23,24). The highest BCUT2D eigenvalue weighted by Gasteiger charge is 2.42. The highest BCUT2D eigenvalue weighted by atomic mass is 16.7. The summed E-state index contributed by atoms with van der Waals surface area (Å²) in [7, 11) is 0. The Morgan fingerprint density at radius 3 is 2.07 bits per heavy atom. The summed E-state index contributed by atoms with van der Waals surface area (Å²) in [4.78, 5) is 33.2. The molecule has 1 saturated heterocycles. The lowest BCUT2D eigenvalue weighted by Gasteiger charge is -2.39. The van der Waals surface area contributed by atoms with Crippen LogP contribution in [0.25, 0.3) is 0 Å². The molecule has 0 saturated carbocycles. The summed E-state index contributed by atoms with van der Waals surface area (Å²) in [5, 5.41) is 8.59. The maximum absolute atomic E-state index is 11.4. The third-order valence-electron chi connectivity index (χ3n) is 4.50. The third-order valence-corrected chi connectivity index (χ3v) is 4.50. The maximum Gasteiger partial charge on any atom is 0.303 e. The van der Waals surface area contributed by atoms with Crippen molar-refractivity contribution in [2.45, 2.75) is 103 Å². The molecule has 1 heterocycles. The molecule has 1 fully saturated rings. The fourth-order valence-corrected chi connectivity index (χ4v) is 3.25. The molecule has 4 unspecified atom stereocenters. The number of rotatable bonds is 13. The van der Waals surface area contributed by atoms with Crippen molar-refractivity contribution in [3.63, 3.8) is 0 Å². The smallest absolute Gasteiger partial charge is 0.303 e. The quantitative estimate of drug-likeness (QED) is 0.369. The number of aliphatic carboxylic acids is 1. The molecule has 0 spiro atoms. The lowest BCUT2D eigenvalue weighted by molar-refractivity contribution is -0.272. The number of unbranched alkanes of at least 4 members (excludes halogenated alkanes) is 6. The van der Waals surface area contributed by atoms with E-state index in [0.29, 0.717) is 13.0 Å². The van der Waals surface area contributed by atoms with E-state index in [4.69, 9.17) is 24.1 Å². The molecule has 0 aromatic heterocycles. The van der Waals surface area contributed by atoms with Gasteiger partial charge >= 0.3 is 17.9 Å². The molecule has 1 N–H and O–H groups in total. The second-order valence-corrected chi connectivity index (χ2v) is 7.26. The van der Waals surface area contributed by atoms with Gasteiger partial charge in [0.25, 0.3) is 0 Å². The van der Waals surface area contributed by atoms with E-state index in [1.165, 1.54) is 13.8 Å². The second-order valence-electron chi connectivity index (χ2n) is 7.26. The molecule has 8 nitrogen and oxygen atoms in total. The molecule has 0 aliphatic carbocycles. The highest BCUT2D eigenvalue weighted by Crippen LogP contribution is 2.26. The van der Waals surface area contributed by atoms with Gasteiger partial charge in [0.1, 0.15) is 6.10 Å². The number of esters is 2. The van der Waals surface area contributed by atoms with Crippen LogP contribution in [0.2, 0.25) is 0 Å². The summed E-state index contributed by atoms with van der Waals surface area (Å²) in [5.41, 5.74) is 0. The van der Waals surface area contributed by atoms with Crippen LogP contribution in [-0.2, 0) is 33.3 Å². The van der Waals surface area contributed by atoms with Crippen LogP contribution in [0.4, 0.5) is 0 Å². The Morgan fingerprint density at radius 1 is 0.929 bits per heavy atom. The van der Waals surface area contributed by atoms with Gasteiger partial charge in [-0.3, -0.25) is 14.4 Å². The normalized spacial score (nSPS) is 24.5. The summed E-state index contributed by atoms with van der Waals surface area (Å²) in [6.07, 6.45) is 5.08. The molecule has 0 amide bonds. The predicted molar refractivity (Wildman–Crippen MR) is 101 cm³/mol. The molecule has 162 valence electrons. The summed E-state index contributed by atoms with van der Waals surface area (Å²) in [6, 6.07) is 0. The fourth-order valence-electron chi connectivity index (χ4n) is 3.25. The Kier molecular flexibility index (Phi) is 11.7. The molecule has 1 aliphatic rings. The first-order valence-corrected chi connectivity index (χ1v) is 10.1. The van der Waals surface area contributed by atoms with E-state index in [1.54, 1.807) is 0 Å². The van der Waals surface area contributed by atoms with E-state index < -0.39 is 36.4 Å². The van der Waals surface area contributed by atoms with Gasteiger partial charge in [-0.15, -0.1) is 0 Å². The maximum atomic E-state index is 11.4. The van der Waals surface area contributed by atoms with Crippen LogP contribution in [0, 0.1) is 0 Å². The summed E-state index contributed by atoms with van der Waals surface area (Å²) in [5.74, 6) is -1.64. The predicted octanol–water partition coefficient (Wildman–Crippen LogP) is 3.21. The molecule has 8 heteroatoms. The number of hydrogen-bond donors (Lipinski definition) is 1. The number of ether oxygens (including phenoxy) is 4. The van der Waals surface area contributed by atoms with E-state index in [0.717, 1.165) is 44.9 Å². The zero-order valence-corrected chi connectivity index (χ0v) is 17.2. The largest absolute Gasteiger partial charge is 0.481 e. The zero-order chi connectivity index (χ0) is 20.9. The highest BCUT2D eigenvalue weighted by molar-refractivity contribution is 5.67. The first-order valence-electron chi connectivity index (χ1n) is 10.1. The van der Waals surface area contributed by atoms with Crippen molar-refractivity contribution in [3.8, 4) is 0 Å². The first-order chi connectivity index (χ1) is 13.3.